The molecule has 5 heteroatoms. The number of para-hydroxylation sites is 1. The average molecular weight is 345 g/mol. The molecule has 3 nitrogen and oxygen atoms in total. The summed E-state index contributed by atoms with van der Waals surface area (Å²) >= 11 is 2.16. The Morgan fingerprint density at radius 1 is 1.47 bits per heavy atom. The highest BCUT2D eigenvalue weighted by atomic mass is 127. The van der Waals surface area contributed by atoms with E-state index in [9.17, 15) is 4.39 Å². The van der Waals surface area contributed by atoms with Crippen molar-refractivity contribution >= 4 is 22.6 Å². The highest BCUT2D eigenvalue weighted by Gasteiger charge is 2.15. The van der Waals surface area contributed by atoms with Crippen LogP contribution in [0.15, 0.2) is 30.6 Å². The predicted molar refractivity (Wildman–Crippen MR) is 73.7 cm³/mol. The lowest BCUT2D eigenvalue weighted by molar-refractivity contribution is 0.589. The number of rotatable bonds is 3. The minimum Gasteiger partial charge on any atom is -0.313 e. The first kappa shape index (κ1) is 12.5. The predicted octanol–water partition coefficient (Wildman–Crippen LogP) is 2.90. The molecule has 0 saturated heterocycles. The largest absolute Gasteiger partial charge is 0.313 e. The Morgan fingerprint density at radius 2 is 2.24 bits per heavy atom. The number of nitrogens with zero attached hydrogens (tertiary/aromatic N) is 2. The number of aromatic nitrogens is 2. The van der Waals surface area contributed by atoms with Crippen molar-refractivity contribution in [3.63, 3.8) is 0 Å². The molecule has 2 aromatic rings. The summed E-state index contributed by atoms with van der Waals surface area (Å²) in [5, 5.41) is 7.28. The maximum absolute atomic E-state index is 14.0. The summed E-state index contributed by atoms with van der Waals surface area (Å²) in [5.74, 6) is -0.260. The number of hydrogen-bond acceptors (Lipinski definition) is 2. The first-order valence-electron chi connectivity index (χ1n) is 5.29. The molecule has 0 bridgehead atoms. The van der Waals surface area contributed by atoms with Crippen LogP contribution in [0.5, 0.6) is 0 Å². The van der Waals surface area contributed by atoms with Crippen LogP contribution in [0.25, 0.3) is 5.69 Å². The third kappa shape index (κ3) is 2.50. The van der Waals surface area contributed by atoms with Gasteiger partial charge in [0.15, 0.2) is 0 Å². The molecule has 0 fully saturated rings. The number of hydrogen-bond donors (Lipinski definition) is 1. The van der Waals surface area contributed by atoms with Gasteiger partial charge >= 0.3 is 0 Å². The molecule has 0 radical (unpaired) electrons. The lowest BCUT2D eigenvalue weighted by atomic mass is 10.1. The molecule has 1 unspecified atom stereocenters. The van der Waals surface area contributed by atoms with Crippen LogP contribution in [0.3, 0.4) is 0 Å². The molecule has 0 spiro atoms. The normalized spacial score (nSPS) is 12.7. The van der Waals surface area contributed by atoms with E-state index in [1.54, 1.807) is 16.9 Å². The molecule has 0 saturated carbocycles. The number of nitrogens with one attached hydrogen (secondary N) is 1. The van der Waals surface area contributed by atoms with Gasteiger partial charge in [0.05, 0.1) is 9.77 Å². The molecule has 1 atom stereocenters. The van der Waals surface area contributed by atoms with Crippen LogP contribution >= 0.6 is 22.6 Å². The molecular formula is C12H13FIN3. The van der Waals surface area contributed by atoms with Crippen LogP contribution in [0.2, 0.25) is 0 Å². The Balaban J connectivity index is 2.58. The fourth-order valence-corrected chi connectivity index (χ4v) is 2.09. The van der Waals surface area contributed by atoms with Gasteiger partial charge in [-0.1, -0.05) is 12.1 Å². The van der Waals surface area contributed by atoms with Gasteiger partial charge in [0, 0.05) is 12.2 Å². The van der Waals surface area contributed by atoms with E-state index in [0.29, 0.717) is 5.69 Å². The first-order chi connectivity index (χ1) is 8.13. The summed E-state index contributed by atoms with van der Waals surface area (Å²) in [5.41, 5.74) is 1.41. The maximum atomic E-state index is 14.0. The maximum Gasteiger partial charge on any atom is 0.149 e. The standard InChI is InChI=1S/C12H13FIN3/c1-8(15-2)10-4-3-5-11(13)12(10)17-7-9(14)6-16-17/h3-8,15H,1-2H3. The van der Waals surface area contributed by atoms with E-state index in [-0.39, 0.29) is 11.9 Å². The van der Waals surface area contributed by atoms with Crippen LogP contribution in [-0.4, -0.2) is 16.8 Å². The highest BCUT2D eigenvalue weighted by molar-refractivity contribution is 14.1. The zero-order chi connectivity index (χ0) is 12.4. The second kappa shape index (κ2) is 5.14. The Bertz CT molecular complexity index is 524. The van der Waals surface area contributed by atoms with Crippen LogP contribution in [0.4, 0.5) is 4.39 Å². The van der Waals surface area contributed by atoms with Gasteiger partial charge in [0.2, 0.25) is 0 Å². The molecule has 90 valence electrons. The Kier molecular flexibility index (Phi) is 3.78. The third-order valence-electron chi connectivity index (χ3n) is 2.70. The van der Waals surface area contributed by atoms with Gasteiger partial charge < -0.3 is 5.32 Å². The topological polar surface area (TPSA) is 29.9 Å². The Hall–Kier alpha value is -0.950. The van der Waals surface area contributed by atoms with Crippen molar-refractivity contribution in [3.05, 3.63) is 45.5 Å². The van der Waals surface area contributed by atoms with Crippen molar-refractivity contribution in [1.82, 2.24) is 15.1 Å². The van der Waals surface area contributed by atoms with Gasteiger partial charge in [-0.25, -0.2) is 9.07 Å². The van der Waals surface area contributed by atoms with Crippen molar-refractivity contribution in [3.8, 4) is 5.69 Å². The van der Waals surface area contributed by atoms with Crippen molar-refractivity contribution in [1.29, 1.82) is 0 Å². The third-order valence-corrected chi connectivity index (χ3v) is 3.25. The second-order valence-electron chi connectivity index (χ2n) is 3.79. The fraction of sp³-hybridized carbons (Fsp3) is 0.250. The number of benzene rings is 1. The molecule has 1 heterocycles. The molecule has 1 aromatic heterocycles. The van der Waals surface area contributed by atoms with E-state index in [4.69, 9.17) is 0 Å². The lowest BCUT2D eigenvalue weighted by Crippen LogP contribution is -2.16. The molecule has 2 rings (SSSR count). The van der Waals surface area contributed by atoms with Crippen molar-refractivity contribution in [2.75, 3.05) is 7.05 Å². The van der Waals surface area contributed by atoms with Crippen LogP contribution in [-0.2, 0) is 0 Å². The van der Waals surface area contributed by atoms with Crippen LogP contribution in [0, 0.1) is 9.39 Å². The SMILES string of the molecule is CNC(C)c1cccc(F)c1-n1cc(I)cn1. The molecule has 1 N–H and O–H groups in total. The summed E-state index contributed by atoms with van der Waals surface area (Å²) in [4.78, 5) is 0. The molecule has 17 heavy (non-hydrogen) atoms. The summed E-state index contributed by atoms with van der Waals surface area (Å²) in [6.45, 7) is 1.99. The Morgan fingerprint density at radius 3 is 2.82 bits per heavy atom. The van der Waals surface area contributed by atoms with E-state index in [1.165, 1.54) is 6.07 Å². The highest BCUT2D eigenvalue weighted by Crippen LogP contribution is 2.24. The number of halogens is 2. The molecule has 0 aliphatic rings. The first-order valence-corrected chi connectivity index (χ1v) is 6.37. The van der Waals surface area contributed by atoms with Gasteiger partial charge in [-0.15, -0.1) is 0 Å². The smallest absolute Gasteiger partial charge is 0.149 e. The van der Waals surface area contributed by atoms with Crippen molar-refractivity contribution in [2.24, 2.45) is 0 Å². The van der Waals surface area contributed by atoms with Crippen LogP contribution in [0.1, 0.15) is 18.5 Å². The summed E-state index contributed by atoms with van der Waals surface area (Å²) in [6, 6.07) is 5.16. The van der Waals surface area contributed by atoms with Gasteiger partial charge in [-0.3, -0.25) is 0 Å². The summed E-state index contributed by atoms with van der Waals surface area (Å²) in [6.07, 6.45) is 3.52. The second-order valence-corrected chi connectivity index (χ2v) is 5.04. The van der Waals surface area contributed by atoms with Gasteiger partial charge in [-0.05, 0) is 48.2 Å². The van der Waals surface area contributed by atoms with Gasteiger partial charge in [0.1, 0.15) is 11.5 Å². The van der Waals surface area contributed by atoms with E-state index in [1.807, 2.05) is 26.2 Å². The molecule has 0 aliphatic carbocycles. The van der Waals surface area contributed by atoms with Crippen LogP contribution < -0.4 is 5.32 Å². The quantitative estimate of drug-likeness (QED) is 0.867. The Labute approximate surface area is 113 Å². The van der Waals surface area contributed by atoms with E-state index < -0.39 is 0 Å². The van der Waals surface area contributed by atoms with Gasteiger partial charge in [-0.2, -0.15) is 5.10 Å². The molecule has 1 aromatic carbocycles. The van der Waals surface area contributed by atoms with E-state index in [0.717, 1.165) is 9.13 Å². The van der Waals surface area contributed by atoms with E-state index in [2.05, 4.69) is 33.0 Å². The monoisotopic (exact) mass is 345 g/mol. The zero-order valence-corrected chi connectivity index (χ0v) is 11.8. The molecule has 0 aliphatic heterocycles. The minimum atomic E-state index is -0.260. The zero-order valence-electron chi connectivity index (χ0n) is 9.61. The summed E-state index contributed by atoms with van der Waals surface area (Å²) < 4.78 is 16.5. The van der Waals surface area contributed by atoms with Crippen molar-refractivity contribution < 1.29 is 4.39 Å². The lowest BCUT2D eigenvalue weighted by Gasteiger charge is -2.16. The fourth-order valence-electron chi connectivity index (χ4n) is 1.70. The molecule has 0 amide bonds. The minimum absolute atomic E-state index is 0.0718. The van der Waals surface area contributed by atoms with Gasteiger partial charge in [0.25, 0.3) is 0 Å². The summed E-state index contributed by atoms with van der Waals surface area (Å²) in [7, 11) is 1.85. The van der Waals surface area contributed by atoms with E-state index >= 15 is 0 Å². The van der Waals surface area contributed by atoms with Crippen molar-refractivity contribution in [2.45, 2.75) is 13.0 Å². The molecular weight excluding hydrogens is 332 g/mol. The average Bonchev–Trinajstić information content (AvgIpc) is 2.74.